The molecule has 90 valence electrons. The second-order valence-electron chi connectivity index (χ2n) is 3.21. The molecule has 0 aromatic rings. The summed E-state index contributed by atoms with van der Waals surface area (Å²) in [5, 5.41) is 2.81. The van der Waals surface area contributed by atoms with E-state index >= 15 is 0 Å². The van der Waals surface area contributed by atoms with Crippen LogP contribution >= 0.6 is 0 Å². The zero-order valence-corrected chi connectivity index (χ0v) is 10.1. The Bertz CT molecular complexity index is 287. The lowest BCUT2D eigenvalue weighted by atomic mass is 10.3. The number of nitrogens with zero attached hydrogens (tertiary/aromatic N) is 1. The number of guanidine groups is 1. The maximum Gasteiger partial charge on any atom is 0.208 e. The molecule has 0 bridgehead atoms. The monoisotopic (exact) mass is 236 g/mol. The lowest BCUT2D eigenvalue weighted by molar-refractivity contribution is 0.587. The van der Waals surface area contributed by atoms with Crippen molar-refractivity contribution in [3.8, 4) is 0 Å². The van der Waals surface area contributed by atoms with Gasteiger partial charge in [-0.05, 0) is 6.42 Å². The molecule has 15 heavy (non-hydrogen) atoms. The van der Waals surface area contributed by atoms with E-state index in [9.17, 15) is 8.42 Å². The summed E-state index contributed by atoms with van der Waals surface area (Å²) in [5.41, 5.74) is 5.53. The van der Waals surface area contributed by atoms with Gasteiger partial charge in [-0.1, -0.05) is 13.3 Å². The summed E-state index contributed by atoms with van der Waals surface area (Å²) in [6.45, 7) is 3.53. The fourth-order valence-electron chi connectivity index (χ4n) is 0.841. The Kier molecular flexibility index (Phi) is 7.06. The summed E-state index contributed by atoms with van der Waals surface area (Å²) in [7, 11) is -3.11. The lowest BCUT2D eigenvalue weighted by Crippen LogP contribution is -2.38. The van der Waals surface area contributed by atoms with Crippen molar-refractivity contribution in [3.05, 3.63) is 0 Å². The molecule has 0 aliphatic carbocycles. The Labute approximate surface area is 91.4 Å². The summed E-state index contributed by atoms with van der Waals surface area (Å²) in [5.74, 6) is 0.360. The molecule has 6 nitrogen and oxygen atoms in total. The van der Waals surface area contributed by atoms with E-state index in [0.29, 0.717) is 25.6 Å². The Balaban J connectivity index is 3.54. The largest absolute Gasteiger partial charge is 0.370 e. The van der Waals surface area contributed by atoms with Crippen molar-refractivity contribution in [2.75, 3.05) is 25.9 Å². The molecule has 0 amide bonds. The number of nitrogens with one attached hydrogen (secondary N) is 2. The molecular weight excluding hydrogens is 216 g/mol. The zero-order valence-electron chi connectivity index (χ0n) is 9.28. The molecule has 0 heterocycles. The van der Waals surface area contributed by atoms with Crippen LogP contribution in [0.15, 0.2) is 4.99 Å². The summed E-state index contributed by atoms with van der Waals surface area (Å²) < 4.78 is 23.7. The van der Waals surface area contributed by atoms with E-state index in [1.165, 1.54) is 0 Å². The fourth-order valence-corrected chi connectivity index (χ4v) is 1.31. The Morgan fingerprint density at radius 1 is 1.40 bits per heavy atom. The van der Waals surface area contributed by atoms with Gasteiger partial charge in [-0.25, -0.2) is 13.1 Å². The minimum absolute atomic E-state index is 0.308. The minimum atomic E-state index is -3.11. The van der Waals surface area contributed by atoms with Crippen LogP contribution in [0.5, 0.6) is 0 Å². The van der Waals surface area contributed by atoms with E-state index in [2.05, 4.69) is 22.0 Å². The second kappa shape index (κ2) is 7.47. The molecule has 0 unspecified atom stereocenters. The Morgan fingerprint density at radius 3 is 2.60 bits per heavy atom. The minimum Gasteiger partial charge on any atom is -0.370 e. The van der Waals surface area contributed by atoms with Crippen LogP contribution in [0.3, 0.4) is 0 Å². The number of sulfonamides is 1. The normalized spacial score (nSPS) is 12.8. The third-order valence-electron chi connectivity index (χ3n) is 1.59. The Hall–Kier alpha value is -0.820. The van der Waals surface area contributed by atoms with Gasteiger partial charge in [-0.15, -0.1) is 0 Å². The summed E-state index contributed by atoms with van der Waals surface area (Å²) in [6.07, 6.45) is 3.20. The van der Waals surface area contributed by atoms with Crippen LogP contribution in [-0.4, -0.2) is 40.3 Å². The average molecular weight is 236 g/mol. The van der Waals surface area contributed by atoms with E-state index in [-0.39, 0.29) is 0 Å². The van der Waals surface area contributed by atoms with Crippen LogP contribution in [0.2, 0.25) is 0 Å². The number of aliphatic imine (C=N–C) groups is 1. The molecule has 0 radical (unpaired) electrons. The van der Waals surface area contributed by atoms with Gasteiger partial charge in [0, 0.05) is 19.6 Å². The van der Waals surface area contributed by atoms with E-state index in [1.807, 2.05) is 0 Å². The molecule has 0 saturated carbocycles. The van der Waals surface area contributed by atoms with Crippen molar-refractivity contribution in [1.82, 2.24) is 10.0 Å². The van der Waals surface area contributed by atoms with Crippen LogP contribution in [0.1, 0.15) is 19.8 Å². The summed E-state index contributed by atoms with van der Waals surface area (Å²) in [4.78, 5) is 4.05. The molecule has 4 N–H and O–H groups in total. The van der Waals surface area contributed by atoms with Gasteiger partial charge < -0.3 is 11.1 Å². The first-order valence-corrected chi connectivity index (χ1v) is 6.83. The van der Waals surface area contributed by atoms with Gasteiger partial charge in [0.2, 0.25) is 10.0 Å². The predicted molar refractivity (Wildman–Crippen MR) is 62.2 cm³/mol. The van der Waals surface area contributed by atoms with Gasteiger partial charge in [-0.3, -0.25) is 4.99 Å². The topological polar surface area (TPSA) is 96.6 Å². The van der Waals surface area contributed by atoms with Crippen molar-refractivity contribution >= 4 is 16.0 Å². The van der Waals surface area contributed by atoms with Crippen molar-refractivity contribution in [1.29, 1.82) is 0 Å². The molecule has 0 fully saturated rings. The highest BCUT2D eigenvalue weighted by molar-refractivity contribution is 7.88. The third-order valence-corrected chi connectivity index (χ3v) is 2.32. The van der Waals surface area contributed by atoms with Crippen LogP contribution in [0.25, 0.3) is 0 Å². The second-order valence-corrected chi connectivity index (χ2v) is 5.05. The molecule has 0 saturated heterocycles. The van der Waals surface area contributed by atoms with E-state index in [4.69, 9.17) is 5.73 Å². The fraction of sp³-hybridized carbons (Fsp3) is 0.875. The van der Waals surface area contributed by atoms with Gasteiger partial charge in [0.05, 0.1) is 6.26 Å². The van der Waals surface area contributed by atoms with E-state index < -0.39 is 10.0 Å². The maximum atomic E-state index is 10.7. The van der Waals surface area contributed by atoms with Crippen molar-refractivity contribution < 1.29 is 8.42 Å². The first-order chi connectivity index (χ1) is 6.95. The number of nitrogens with two attached hydrogens (primary N) is 1. The number of unbranched alkanes of at least 4 members (excludes halogenated alkanes) is 1. The molecule has 0 rings (SSSR count). The lowest BCUT2D eigenvalue weighted by Gasteiger charge is -2.05. The van der Waals surface area contributed by atoms with Gasteiger partial charge in [0.25, 0.3) is 0 Å². The first-order valence-electron chi connectivity index (χ1n) is 4.94. The van der Waals surface area contributed by atoms with Crippen molar-refractivity contribution in [2.24, 2.45) is 10.7 Å². The maximum absolute atomic E-state index is 10.7. The van der Waals surface area contributed by atoms with Crippen molar-refractivity contribution in [2.45, 2.75) is 19.8 Å². The van der Waals surface area contributed by atoms with Gasteiger partial charge in [0.1, 0.15) is 0 Å². The van der Waals surface area contributed by atoms with Crippen LogP contribution < -0.4 is 15.8 Å². The molecule has 0 aromatic heterocycles. The third kappa shape index (κ3) is 11.1. The average Bonchev–Trinajstić information content (AvgIpc) is 2.11. The summed E-state index contributed by atoms with van der Waals surface area (Å²) >= 11 is 0. The highest BCUT2D eigenvalue weighted by Gasteiger charge is 1.98. The zero-order chi connectivity index (χ0) is 11.7. The van der Waals surface area contributed by atoms with Gasteiger partial charge >= 0.3 is 0 Å². The van der Waals surface area contributed by atoms with Crippen molar-refractivity contribution in [3.63, 3.8) is 0 Å². The number of hydrogen-bond acceptors (Lipinski definition) is 3. The predicted octanol–water partition coefficient (Wildman–Crippen LogP) is -0.760. The van der Waals surface area contributed by atoms with Crippen LogP contribution in [-0.2, 0) is 10.0 Å². The molecule has 0 atom stereocenters. The van der Waals surface area contributed by atoms with Crippen LogP contribution in [0.4, 0.5) is 0 Å². The standard InChI is InChI=1S/C8H20N4O2S/c1-3-4-5-10-8(9)11-6-7-12-15(2,13)14/h12H,3-7H2,1-2H3,(H3,9,10,11). The highest BCUT2D eigenvalue weighted by Crippen LogP contribution is 1.85. The molecule has 0 spiro atoms. The molecule has 0 aromatic carbocycles. The number of hydrogen-bond donors (Lipinski definition) is 3. The summed E-state index contributed by atoms with van der Waals surface area (Å²) in [6, 6.07) is 0. The number of rotatable bonds is 7. The molecule has 7 heteroatoms. The van der Waals surface area contributed by atoms with Crippen LogP contribution in [0, 0.1) is 0 Å². The van der Waals surface area contributed by atoms with E-state index in [1.54, 1.807) is 0 Å². The van der Waals surface area contributed by atoms with Gasteiger partial charge in [-0.2, -0.15) is 0 Å². The molecule has 0 aliphatic rings. The SMILES string of the molecule is CCCCN=C(N)NCCNS(C)(=O)=O. The molecule has 0 aliphatic heterocycles. The first kappa shape index (κ1) is 14.2. The van der Waals surface area contributed by atoms with E-state index in [0.717, 1.165) is 19.1 Å². The smallest absolute Gasteiger partial charge is 0.208 e. The quantitative estimate of drug-likeness (QED) is 0.307. The van der Waals surface area contributed by atoms with Gasteiger partial charge in [0.15, 0.2) is 5.96 Å². The molecular formula is C8H20N4O2S. The Morgan fingerprint density at radius 2 is 2.07 bits per heavy atom. The highest BCUT2D eigenvalue weighted by atomic mass is 32.2.